The molecule has 2 aromatic heterocycles. The summed E-state index contributed by atoms with van der Waals surface area (Å²) in [5.74, 6) is 0.632. The first-order valence-electron chi connectivity index (χ1n) is 7.75. The minimum Gasteiger partial charge on any atom is -0.341 e. The largest absolute Gasteiger partial charge is 0.341 e. The Labute approximate surface area is 128 Å². The van der Waals surface area contributed by atoms with Crippen LogP contribution in [0.2, 0.25) is 0 Å². The molecule has 1 amide bonds. The summed E-state index contributed by atoms with van der Waals surface area (Å²) in [6.07, 6.45) is 6.27. The highest BCUT2D eigenvalue weighted by Crippen LogP contribution is 2.29. The molecule has 0 radical (unpaired) electrons. The lowest BCUT2D eigenvalue weighted by Crippen LogP contribution is -2.38. The van der Waals surface area contributed by atoms with Gasteiger partial charge in [-0.2, -0.15) is 5.10 Å². The molecule has 1 saturated carbocycles. The van der Waals surface area contributed by atoms with Crippen molar-refractivity contribution in [3.63, 3.8) is 0 Å². The van der Waals surface area contributed by atoms with E-state index >= 15 is 0 Å². The smallest absolute Gasteiger partial charge is 0.264 e. The first-order valence-corrected chi connectivity index (χ1v) is 7.75. The molecule has 1 fully saturated rings. The number of carbonyl (C=O) groups excluding carboxylic acids is 1. The lowest BCUT2D eigenvalue weighted by molar-refractivity contribution is -0.132. The van der Waals surface area contributed by atoms with E-state index in [0.29, 0.717) is 17.0 Å². The third-order valence-corrected chi connectivity index (χ3v) is 4.05. The van der Waals surface area contributed by atoms with Crippen LogP contribution in [0.3, 0.4) is 0 Å². The standard InChI is InChI=1S/C15H21N5O2/c1-3-6-19(8-11-4-5-11)13(21)9-20-10-16-14-12(15(20)22)7-17-18(14)2/h7,10-11H,3-6,8-9H2,1-2H3. The summed E-state index contributed by atoms with van der Waals surface area (Å²) in [4.78, 5) is 31.0. The van der Waals surface area contributed by atoms with Crippen LogP contribution in [0.5, 0.6) is 0 Å². The Morgan fingerprint density at radius 2 is 2.23 bits per heavy atom. The van der Waals surface area contributed by atoms with Gasteiger partial charge in [0.1, 0.15) is 18.3 Å². The van der Waals surface area contributed by atoms with Gasteiger partial charge in [0.25, 0.3) is 5.56 Å². The second-order valence-corrected chi connectivity index (χ2v) is 5.97. The van der Waals surface area contributed by atoms with Gasteiger partial charge in [-0.25, -0.2) is 4.98 Å². The molecule has 2 aromatic rings. The lowest BCUT2D eigenvalue weighted by atomic mass is 10.3. The fraction of sp³-hybridized carbons (Fsp3) is 0.600. The fourth-order valence-electron chi connectivity index (χ4n) is 2.62. The van der Waals surface area contributed by atoms with Crippen LogP contribution in [0.4, 0.5) is 0 Å². The molecule has 1 aliphatic rings. The van der Waals surface area contributed by atoms with Crippen molar-refractivity contribution in [2.75, 3.05) is 13.1 Å². The number of hydrogen-bond donors (Lipinski definition) is 0. The van der Waals surface area contributed by atoms with Crippen LogP contribution < -0.4 is 5.56 Å². The number of amides is 1. The van der Waals surface area contributed by atoms with Crippen molar-refractivity contribution in [3.8, 4) is 0 Å². The number of carbonyl (C=O) groups is 1. The lowest BCUT2D eigenvalue weighted by Gasteiger charge is -2.22. The predicted octanol–water partition coefficient (Wildman–Crippen LogP) is 0.779. The van der Waals surface area contributed by atoms with Crippen molar-refractivity contribution in [1.82, 2.24) is 24.2 Å². The highest BCUT2D eigenvalue weighted by Gasteiger charge is 2.26. The summed E-state index contributed by atoms with van der Waals surface area (Å²) in [7, 11) is 1.74. The maximum atomic E-state index is 12.5. The van der Waals surface area contributed by atoms with Crippen LogP contribution in [0.25, 0.3) is 11.0 Å². The first-order chi connectivity index (χ1) is 10.6. The highest BCUT2D eigenvalue weighted by atomic mass is 16.2. The number of hydrogen-bond acceptors (Lipinski definition) is 4. The van der Waals surface area contributed by atoms with Crippen LogP contribution in [-0.4, -0.2) is 43.2 Å². The monoisotopic (exact) mass is 303 g/mol. The second-order valence-electron chi connectivity index (χ2n) is 5.97. The molecule has 0 bridgehead atoms. The van der Waals surface area contributed by atoms with Crippen LogP contribution in [-0.2, 0) is 18.4 Å². The number of aromatic nitrogens is 4. The molecule has 0 unspecified atom stereocenters. The molecule has 0 saturated heterocycles. The van der Waals surface area contributed by atoms with Crippen molar-refractivity contribution < 1.29 is 4.79 Å². The molecule has 118 valence electrons. The molecule has 0 aliphatic heterocycles. The number of nitrogens with zero attached hydrogens (tertiary/aromatic N) is 5. The Morgan fingerprint density at radius 3 is 2.91 bits per heavy atom. The molecule has 1 aliphatic carbocycles. The van der Waals surface area contributed by atoms with E-state index < -0.39 is 0 Å². The predicted molar refractivity (Wildman–Crippen MR) is 82.4 cm³/mol. The quantitative estimate of drug-likeness (QED) is 0.790. The van der Waals surface area contributed by atoms with Gasteiger partial charge in [-0.05, 0) is 25.2 Å². The summed E-state index contributed by atoms with van der Waals surface area (Å²) >= 11 is 0. The Hall–Kier alpha value is -2.18. The molecule has 0 aromatic carbocycles. The third kappa shape index (κ3) is 2.88. The van der Waals surface area contributed by atoms with Crippen LogP contribution in [0, 0.1) is 5.92 Å². The van der Waals surface area contributed by atoms with Gasteiger partial charge in [-0.3, -0.25) is 18.8 Å². The summed E-state index contributed by atoms with van der Waals surface area (Å²) in [6, 6.07) is 0. The normalized spacial score (nSPS) is 14.5. The molecule has 7 nitrogen and oxygen atoms in total. The minimum atomic E-state index is -0.214. The maximum Gasteiger partial charge on any atom is 0.264 e. The summed E-state index contributed by atoms with van der Waals surface area (Å²) in [5.41, 5.74) is 0.325. The molecule has 7 heteroatoms. The van der Waals surface area contributed by atoms with Crippen molar-refractivity contribution in [1.29, 1.82) is 0 Å². The van der Waals surface area contributed by atoms with Gasteiger partial charge in [-0.1, -0.05) is 6.92 Å². The average Bonchev–Trinajstić information content (AvgIpc) is 3.23. The molecular formula is C15H21N5O2. The van der Waals surface area contributed by atoms with Gasteiger partial charge < -0.3 is 4.90 Å². The summed E-state index contributed by atoms with van der Waals surface area (Å²) < 4.78 is 2.93. The molecule has 3 rings (SSSR count). The second kappa shape index (κ2) is 5.90. The number of fused-ring (bicyclic) bond motifs is 1. The van der Waals surface area contributed by atoms with E-state index in [1.165, 1.54) is 29.9 Å². The number of aryl methyl sites for hydroxylation is 1. The summed E-state index contributed by atoms with van der Waals surface area (Å²) in [5, 5.41) is 4.48. The Kier molecular flexibility index (Phi) is 3.96. The van der Waals surface area contributed by atoms with Crippen molar-refractivity contribution in [3.05, 3.63) is 22.9 Å². The molecule has 22 heavy (non-hydrogen) atoms. The molecule has 2 heterocycles. The van der Waals surface area contributed by atoms with Gasteiger partial charge in [0.15, 0.2) is 5.65 Å². The maximum absolute atomic E-state index is 12.5. The Morgan fingerprint density at radius 1 is 1.45 bits per heavy atom. The number of rotatable bonds is 6. The zero-order valence-electron chi connectivity index (χ0n) is 13.0. The van der Waals surface area contributed by atoms with Gasteiger partial charge >= 0.3 is 0 Å². The average molecular weight is 303 g/mol. The van der Waals surface area contributed by atoms with Gasteiger partial charge in [0.2, 0.25) is 5.91 Å². The van der Waals surface area contributed by atoms with Gasteiger partial charge in [0.05, 0.1) is 6.20 Å². The van der Waals surface area contributed by atoms with E-state index in [-0.39, 0.29) is 18.0 Å². The molecule has 0 atom stereocenters. The van der Waals surface area contributed by atoms with Crippen molar-refractivity contribution >= 4 is 16.9 Å². The Bertz CT molecular complexity index is 744. The summed E-state index contributed by atoms with van der Waals surface area (Å²) in [6.45, 7) is 3.66. The fourth-order valence-corrected chi connectivity index (χ4v) is 2.62. The highest BCUT2D eigenvalue weighted by molar-refractivity contribution is 5.77. The van der Waals surface area contributed by atoms with E-state index in [9.17, 15) is 9.59 Å². The third-order valence-electron chi connectivity index (χ3n) is 4.05. The van der Waals surface area contributed by atoms with Crippen molar-refractivity contribution in [2.24, 2.45) is 13.0 Å². The van der Waals surface area contributed by atoms with Gasteiger partial charge in [0, 0.05) is 20.1 Å². The van der Waals surface area contributed by atoms with E-state index in [2.05, 4.69) is 17.0 Å². The minimum absolute atomic E-state index is 0.0131. The van der Waals surface area contributed by atoms with E-state index in [0.717, 1.165) is 19.5 Å². The van der Waals surface area contributed by atoms with Crippen LogP contribution in [0.15, 0.2) is 17.3 Å². The molecular weight excluding hydrogens is 282 g/mol. The van der Waals surface area contributed by atoms with Crippen LogP contribution in [0.1, 0.15) is 26.2 Å². The van der Waals surface area contributed by atoms with E-state index in [4.69, 9.17) is 0 Å². The Balaban J connectivity index is 1.80. The zero-order chi connectivity index (χ0) is 15.7. The van der Waals surface area contributed by atoms with Crippen molar-refractivity contribution in [2.45, 2.75) is 32.7 Å². The molecule has 0 N–H and O–H groups in total. The van der Waals surface area contributed by atoms with Crippen LogP contribution >= 0.6 is 0 Å². The first kappa shape index (κ1) is 14.7. The molecule has 0 spiro atoms. The van der Waals surface area contributed by atoms with E-state index in [1.54, 1.807) is 11.7 Å². The SMILES string of the molecule is CCCN(CC1CC1)C(=O)Cn1cnc2c(cnn2C)c1=O. The van der Waals surface area contributed by atoms with E-state index in [1.807, 2.05) is 4.90 Å². The topological polar surface area (TPSA) is 73.0 Å². The zero-order valence-corrected chi connectivity index (χ0v) is 13.0. The van der Waals surface area contributed by atoms with Gasteiger partial charge in [-0.15, -0.1) is 0 Å².